The average molecular weight is 669 g/mol. The van der Waals surface area contributed by atoms with Crippen molar-refractivity contribution in [3.05, 3.63) is 23.1 Å². The quantitative estimate of drug-likeness (QED) is 0.253. The van der Waals surface area contributed by atoms with Crippen LogP contribution in [-0.2, 0) is 57.1 Å². The number of imidazole rings is 1. The van der Waals surface area contributed by atoms with Crippen LogP contribution in [0.15, 0.2) is 22.2 Å². The third-order valence-corrected chi connectivity index (χ3v) is 9.77. The number of hydrogen-bond acceptors (Lipinski definition) is 13. The van der Waals surface area contributed by atoms with Crippen molar-refractivity contribution in [3.63, 3.8) is 0 Å². The molecule has 220 valence electrons. The first-order valence-electron chi connectivity index (χ1n) is 11.8. The third-order valence-electron chi connectivity index (χ3n) is 6.35. The van der Waals surface area contributed by atoms with Gasteiger partial charge in [0.15, 0.2) is 29.9 Å². The number of fused-ring (bicyclic) bond motifs is 6. The van der Waals surface area contributed by atoms with Crippen molar-refractivity contribution in [1.29, 1.82) is 5.41 Å². The molecule has 0 aliphatic carbocycles. The van der Waals surface area contributed by atoms with Gasteiger partial charge in [-0.25, -0.2) is 23.9 Å². The van der Waals surface area contributed by atoms with E-state index in [4.69, 9.17) is 51.6 Å². The minimum absolute atomic E-state index is 0.0319. The van der Waals surface area contributed by atoms with Crippen molar-refractivity contribution < 1.29 is 41.5 Å². The maximum Gasteiger partial charge on any atom is 0.387 e. The van der Waals surface area contributed by atoms with E-state index in [1.165, 1.54) is 17.4 Å². The van der Waals surface area contributed by atoms with Gasteiger partial charge < -0.3 is 28.1 Å². The summed E-state index contributed by atoms with van der Waals surface area (Å²) >= 11 is 15.2. The van der Waals surface area contributed by atoms with Crippen molar-refractivity contribution in [2.24, 2.45) is 9.98 Å². The van der Waals surface area contributed by atoms with Crippen LogP contribution in [0.4, 0.5) is 4.39 Å². The monoisotopic (exact) mass is 668 g/mol. The first-order chi connectivity index (χ1) is 19.4. The number of ether oxygens (including phenoxy) is 1. The number of carbonyl (C=O) groups is 1. The van der Waals surface area contributed by atoms with Gasteiger partial charge in [-0.2, -0.15) is 4.99 Å². The number of alkyl halides is 1. The lowest BCUT2D eigenvalue weighted by atomic mass is 10.1. The zero-order valence-corrected chi connectivity index (χ0v) is 24.7. The van der Waals surface area contributed by atoms with Gasteiger partial charge in [0.2, 0.25) is 5.96 Å². The Kier molecular flexibility index (Phi) is 7.82. The largest absolute Gasteiger partial charge is 0.387 e. The molecule has 0 spiro atoms. The first kappa shape index (κ1) is 29.2. The average Bonchev–Trinajstić information content (AvgIpc) is 3.55. The lowest BCUT2D eigenvalue weighted by Gasteiger charge is -2.33. The molecule has 4 aliphatic rings. The van der Waals surface area contributed by atoms with E-state index in [-0.39, 0.29) is 24.8 Å². The zero-order chi connectivity index (χ0) is 29.1. The molecule has 3 unspecified atom stereocenters. The molecule has 22 heteroatoms. The van der Waals surface area contributed by atoms with Crippen LogP contribution < -0.4 is 5.32 Å². The minimum atomic E-state index is -4.33. The highest BCUT2D eigenvalue weighted by Crippen LogP contribution is 2.57. The number of carbonyl (C=O) groups excluding carboxylic acids is 1. The number of nitrogens with zero attached hydrogens (tertiary/aromatic N) is 6. The zero-order valence-electron chi connectivity index (χ0n) is 20.4. The van der Waals surface area contributed by atoms with Crippen molar-refractivity contribution in [1.82, 2.24) is 24.8 Å². The Labute approximate surface area is 245 Å². The second-order valence-electron chi connectivity index (χ2n) is 9.00. The van der Waals surface area contributed by atoms with E-state index >= 15 is 4.39 Å². The van der Waals surface area contributed by atoms with E-state index in [1.54, 1.807) is 10.6 Å². The SMILES string of the molecule is N=C1N=C2N=CN([C@H]3O[C@@H]4COP(O)(=S)OCCn5c(nc6cc(Cl)cnc65)COP(=O)(S)O[C@@H]3[C@@H]4F)C2C(=O)N1. The van der Waals surface area contributed by atoms with Crippen molar-refractivity contribution in [2.45, 2.75) is 43.8 Å². The molecule has 4 aliphatic heterocycles. The van der Waals surface area contributed by atoms with E-state index < -0.39 is 69.2 Å². The fraction of sp³-hybridized carbons (Fsp3) is 0.474. The third kappa shape index (κ3) is 5.86. The van der Waals surface area contributed by atoms with Crippen molar-refractivity contribution >= 4 is 84.4 Å². The molecule has 16 nitrogen and oxygen atoms in total. The summed E-state index contributed by atoms with van der Waals surface area (Å²) in [6, 6.07) is 0.370. The number of hydrogen-bond donors (Lipinski definition) is 4. The van der Waals surface area contributed by atoms with E-state index in [1.807, 2.05) is 0 Å². The molecule has 0 aromatic carbocycles. The second kappa shape index (κ2) is 11.0. The number of halogens is 2. The van der Waals surface area contributed by atoms with Gasteiger partial charge in [-0.3, -0.25) is 24.6 Å². The number of nitrogens with one attached hydrogen (secondary N) is 2. The maximum absolute atomic E-state index is 15.8. The Morgan fingerprint density at radius 3 is 2.95 bits per heavy atom. The van der Waals surface area contributed by atoms with Gasteiger partial charge >= 0.3 is 13.5 Å². The predicted molar refractivity (Wildman–Crippen MR) is 148 cm³/mol. The summed E-state index contributed by atoms with van der Waals surface area (Å²) in [6.45, 7) is -9.26. The molecule has 7 atom stereocenters. The predicted octanol–water partition coefficient (Wildman–Crippen LogP) is 1.53. The molecule has 6 heterocycles. The Balaban J connectivity index is 1.33. The first-order valence-corrected chi connectivity index (χ1v) is 17.4. The minimum Gasteiger partial charge on any atom is -0.347 e. The lowest BCUT2D eigenvalue weighted by molar-refractivity contribution is -0.127. The van der Waals surface area contributed by atoms with Gasteiger partial charge in [0, 0.05) is 12.7 Å². The van der Waals surface area contributed by atoms with Crippen LogP contribution >= 0.6 is 37.4 Å². The smallest absolute Gasteiger partial charge is 0.347 e. The number of rotatable bonds is 1. The van der Waals surface area contributed by atoms with Crippen molar-refractivity contribution in [3.8, 4) is 0 Å². The van der Waals surface area contributed by atoms with Crippen LogP contribution in [-0.4, -0.2) is 92.2 Å². The lowest BCUT2D eigenvalue weighted by Crippen LogP contribution is -2.57. The highest BCUT2D eigenvalue weighted by Gasteiger charge is 2.55. The standard InChI is InChI=1S/C19H20ClFN8O8P2S2/c20-8-3-9-16(23-4-8)28-1-2-33-38(31,40)34-5-10-12(21)14(37-39(32,41)35-6-11(28)25-9)18(36-10)29-7-24-15-13(29)17(30)27-19(22)26-15/h3-4,7,10,12-14,18H,1-2,5-6H2,(H,31,40)(H,32,41)(H2,22,27,30)/t10-,12-,13?,14-,18+,38?,39?/m1/s1. The molecule has 41 heavy (non-hydrogen) atoms. The fourth-order valence-corrected chi connectivity index (χ4v) is 7.26. The van der Waals surface area contributed by atoms with Gasteiger partial charge in [-0.05, 0) is 17.9 Å². The molecule has 1 fully saturated rings. The summed E-state index contributed by atoms with van der Waals surface area (Å²) in [5.41, 5.74) is 0.788. The summed E-state index contributed by atoms with van der Waals surface area (Å²) in [6.07, 6.45) is -3.93. The molecule has 0 saturated carbocycles. The molecule has 2 aromatic rings. The highest BCUT2D eigenvalue weighted by atomic mass is 35.5. The van der Waals surface area contributed by atoms with E-state index in [0.29, 0.717) is 16.2 Å². The van der Waals surface area contributed by atoms with E-state index in [9.17, 15) is 14.3 Å². The van der Waals surface area contributed by atoms with Crippen LogP contribution in [0.5, 0.6) is 0 Å². The van der Waals surface area contributed by atoms with Gasteiger partial charge in [0.25, 0.3) is 5.91 Å². The molecule has 2 aromatic heterocycles. The molecular formula is C19H20ClFN8O8P2S2. The number of guanidine groups is 1. The number of amidine groups is 1. The number of aromatic nitrogens is 3. The maximum atomic E-state index is 15.8. The van der Waals surface area contributed by atoms with Crippen LogP contribution in [0.25, 0.3) is 11.2 Å². The summed E-state index contributed by atoms with van der Waals surface area (Å²) in [5, 5.41) is 10.2. The Morgan fingerprint density at radius 2 is 2.15 bits per heavy atom. The van der Waals surface area contributed by atoms with Crippen LogP contribution in [0.1, 0.15) is 5.82 Å². The van der Waals surface area contributed by atoms with Gasteiger partial charge in [-0.1, -0.05) is 23.8 Å². The summed E-state index contributed by atoms with van der Waals surface area (Å²) < 4.78 is 58.5. The van der Waals surface area contributed by atoms with Crippen LogP contribution in [0.3, 0.4) is 0 Å². The van der Waals surface area contributed by atoms with Gasteiger partial charge in [0.1, 0.15) is 30.2 Å². The number of pyridine rings is 1. The topological polar surface area (TPSA) is 195 Å². The van der Waals surface area contributed by atoms with Gasteiger partial charge in [0.05, 0.1) is 24.6 Å². The Bertz CT molecular complexity index is 1600. The summed E-state index contributed by atoms with van der Waals surface area (Å²) in [5.74, 6) is -0.896. The molecular weight excluding hydrogens is 649 g/mol. The Morgan fingerprint density at radius 1 is 1.34 bits per heavy atom. The van der Waals surface area contributed by atoms with E-state index in [2.05, 4.69) is 37.5 Å². The summed E-state index contributed by atoms with van der Waals surface area (Å²) in [7, 11) is 0. The fourth-order valence-electron chi connectivity index (χ4n) is 4.62. The molecule has 6 rings (SSSR count). The second-order valence-corrected chi connectivity index (χ2v) is 15.1. The van der Waals surface area contributed by atoms with E-state index in [0.717, 1.165) is 0 Å². The van der Waals surface area contributed by atoms with Gasteiger partial charge in [-0.15, -0.1) is 0 Å². The van der Waals surface area contributed by atoms with Crippen LogP contribution in [0.2, 0.25) is 5.02 Å². The summed E-state index contributed by atoms with van der Waals surface area (Å²) in [4.78, 5) is 41.0. The number of amides is 1. The molecule has 2 bridgehead atoms. The molecule has 1 amide bonds. The molecule has 0 radical (unpaired) electrons. The normalized spacial score (nSPS) is 36.3. The highest BCUT2D eigenvalue weighted by molar-refractivity contribution is 8.44. The van der Waals surface area contributed by atoms with Crippen molar-refractivity contribution in [2.75, 3.05) is 13.2 Å². The van der Waals surface area contributed by atoms with Crippen LogP contribution in [0, 0.1) is 5.41 Å². The molecule has 3 N–H and O–H groups in total. The number of aliphatic imine (C=N–C) groups is 2. The Hall–Kier alpha value is -1.89. The molecule has 1 saturated heterocycles. The number of thiol groups is 1.